The summed E-state index contributed by atoms with van der Waals surface area (Å²) in [5, 5.41) is 8.92. The minimum atomic E-state index is -1.23. The maximum absolute atomic E-state index is 11.0. The molecule has 5 heteroatoms. The van der Waals surface area contributed by atoms with Crippen molar-refractivity contribution in [1.82, 2.24) is 0 Å². The van der Waals surface area contributed by atoms with Crippen molar-refractivity contribution in [3.8, 4) is 0 Å². The lowest BCUT2D eigenvalue weighted by atomic mass is 10.1. The van der Waals surface area contributed by atoms with Crippen molar-refractivity contribution in [2.45, 2.75) is 19.4 Å². The monoisotopic (exact) mass is 238 g/mol. The van der Waals surface area contributed by atoms with Gasteiger partial charge in [0.05, 0.1) is 6.61 Å². The van der Waals surface area contributed by atoms with Crippen molar-refractivity contribution < 1.29 is 24.2 Å². The van der Waals surface area contributed by atoms with Crippen LogP contribution in [0.1, 0.15) is 12.5 Å². The third-order valence-corrected chi connectivity index (χ3v) is 2.04. The Morgan fingerprint density at radius 3 is 2.47 bits per heavy atom. The van der Waals surface area contributed by atoms with E-state index in [1.807, 2.05) is 6.07 Å². The predicted molar refractivity (Wildman–Crippen MR) is 59.7 cm³/mol. The Bertz CT molecular complexity index is 374. The van der Waals surface area contributed by atoms with Crippen LogP contribution in [0.25, 0.3) is 0 Å². The van der Waals surface area contributed by atoms with Gasteiger partial charge in [-0.2, -0.15) is 0 Å². The number of aliphatic carboxylic acids is 1. The Morgan fingerprint density at radius 2 is 1.94 bits per heavy atom. The molecule has 0 fully saturated rings. The van der Waals surface area contributed by atoms with Crippen molar-refractivity contribution in [2.24, 2.45) is 0 Å². The van der Waals surface area contributed by atoms with Crippen LogP contribution in [0.5, 0.6) is 0 Å². The van der Waals surface area contributed by atoms with E-state index in [4.69, 9.17) is 9.84 Å². The molecule has 0 amide bonds. The van der Waals surface area contributed by atoms with Gasteiger partial charge in [-0.05, 0) is 12.5 Å². The molecule has 17 heavy (non-hydrogen) atoms. The van der Waals surface area contributed by atoms with Gasteiger partial charge in [-0.25, -0.2) is 9.59 Å². The van der Waals surface area contributed by atoms with Gasteiger partial charge in [0, 0.05) is 6.42 Å². The summed E-state index contributed by atoms with van der Waals surface area (Å²) >= 11 is 0. The Balaban J connectivity index is 2.61. The van der Waals surface area contributed by atoms with Crippen LogP contribution in [0.4, 0.5) is 4.79 Å². The van der Waals surface area contributed by atoms with E-state index in [-0.39, 0.29) is 13.0 Å². The molecule has 92 valence electrons. The van der Waals surface area contributed by atoms with Gasteiger partial charge in [0.2, 0.25) is 6.10 Å². The third kappa shape index (κ3) is 4.55. The fourth-order valence-corrected chi connectivity index (χ4v) is 1.28. The molecule has 0 radical (unpaired) electrons. The molecule has 0 saturated carbocycles. The standard InChI is InChI=1S/C12H14O5/c1-2-16-12(15)17-10(11(13)14)8-9-6-4-3-5-7-9/h3-7,10H,2,8H2,1H3,(H,13,14). The number of hydrogen-bond donors (Lipinski definition) is 1. The summed E-state index contributed by atoms with van der Waals surface area (Å²) < 4.78 is 9.23. The van der Waals surface area contributed by atoms with Crippen LogP contribution in [0.2, 0.25) is 0 Å². The van der Waals surface area contributed by atoms with Gasteiger partial charge in [-0.1, -0.05) is 30.3 Å². The second kappa shape index (κ2) is 6.52. The van der Waals surface area contributed by atoms with Crippen molar-refractivity contribution in [1.29, 1.82) is 0 Å². The molecule has 1 unspecified atom stereocenters. The summed E-state index contributed by atoms with van der Waals surface area (Å²) in [5.74, 6) is -1.19. The van der Waals surface area contributed by atoms with Gasteiger partial charge in [-0.15, -0.1) is 0 Å². The van der Waals surface area contributed by atoms with Crippen molar-refractivity contribution in [3.63, 3.8) is 0 Å². The van der Waals surface area contributed by atoms with E-state index in [1.54, 1.807) is 31.2 Å². The van der Waals surface area contributed by atoms with Crippen LogP contribution in [0, 0.1) is 0 Å². The van der Waals surface area contributed by atoms with Gasteiger partial charge in [-0.3, -0.25) is 0 Å². The highest BCUT2D eigenvalue weighted by Crippen LogP contribution is 2.07. The molecule has 0 saturated heterocycles. The molecule has 0 aromatic heterocycles. The average molecular weight is 238 g/mol. The van der Waals surface area contributed by atoms with E-state index < -0.39 is 18.2 Å². The summed E-state index contributed by atoms with van der Waals surface area (Å²) in [6, 6.07) is 8.94. The van der Waals surface area contributed by atoms with Crippen LogP contribution in [-0.4, -0.2) is 29.9 Å². The lowest BCUT2D eigenvalue weighted by Crippen LogP contribution is -2.29. The van der Waals surface area contributed by atoms with Gasteiger partial charge in [0.1, 0.15) is 0 Å². The molecule has 0 bridgehead atoms. The highest BCUT2D eigenvalue weighted by molar-refractivity contribution is 5.75. The highest BCUT2D eigenvalue weighted by Gasteiger charge is 2.23. The second-order valence-electron chi connectivity index (χ2n) is 3.32. The number of rotatable bonds is 5. The summed E-state index contributed by atoms with van der Waals surface area (Å²) in [5.41, 5.74) is 0.782. The molecule has 0 aliphatic rings. The Kier molecular flexibility index (Phi) is 5.00. The number of benzene rings is 1. The number of hydrogen-bond acceptors (Lipinski definition) is 4. The van der Waals surface area contributed by atoms with E-state index >= 15 is 0 Å². The van der Waals surface area contributed by atoms with Crippen molar-refractivity contribution in [3.05, 3.63) is 35.9 Å². The molecule has 1 atom stereocenters. The summed E-state index contributed by atoms with van der Waals surface area (Å²) in [4.78, 5) is 22.0. The van der Waals surface area contributed by atoms with Gasteiger partial charge >= 0.3 is 12.1 Å². The number of carboxylic acids is 1. The van der Waals surface area contributed by atoms with Gasteiger partial charge in [0.15, 0.2) is 0 Å². The Morgan fingerprint density at radius 1 is 1.29 bits per heavy atom. The van der Waals surface area contributed by atoms with E-state index in [1.165, 1.54) is 0 Å². The molecule has 1 N–H and O–H groups in total. The highest BCUT2D eigenvalue weighted by atomic mass is 16.7. The van der Waals surface area contributed by atoms with Gasteiger partial charge in [0.25, 0.3) is 0 Å². The van der Waals surface area contributed by atoms with Crippen molar-refractivity contribution in [2.75, 3.05) is 6.61 Å². The smallest absolute Gasteiger partial charge is 0.478 e. The zero-order chi connectivity index (χ0) is 12.7. The first-order valence-corrected chi connectivity index (χ1v) is 5.23. The first kappa shape index (κ1) is 13.0. The first-order chi connectivity index (χ1) is 8.13. The minimum Gasteiger partial charge on any atom is -0.478 e. The Labute approximate surface area is 99.0 Å². The minimum absolute atomic E-state index is 0.120. The molecule has 0 aliphatic carbocycles. The average Bonchev–Trinajstić information content (AvgIpc) is 2.29. The number of carbonyl (C=O) groups is 2. The lowest BCUT2D eigenvalue weighted by Gasteiger charge is -2.13. The van der Waals surface area contributed by atoms with Crippen LogP contribution >= 0.6 is 0 Å². The zero-order valence-electron chi connectivity index (χ0n) is 9.46. The molecular formula is C12H14O5. The molecule has 0 heterocycles. The largest absolute Gasteiger partial charge is 0.509 e. The summed E-state index contributed by atoms with van der Waals surface area (Å²) in [6.45, 7) is 1.77. The Hall–Kier alpha value is -2.04. The predicted octanol–water partition coefficient (Wildman–Crippen LogP) is 1.86. The van der Waals surface area contributed by atoms with Crippen molar-refractivity contribution >= 4 is 12.1 Å². The summed E-state index contributed by atoms with van der Waals surface area (Å²) in [6.07, 6.45) is -2.07. The van der Waals surface area contributed by atoms with Crippen LogP contribution in [0.3, 0.4) is 0 Å². The normalized spacial score (nSPS) is 11.6. The summed E-state index contributed by atoms with van der Waals surface area (Å²) in [7, 11) is 0. The molecule has 1 aromatic rings. The maximum Gasteiger partial charge on any atom is 0.509 e. The maximum atomic E-state index is 11.0. The molecule has 1 aromatic carbocycles. The number of carboxylic acid groups (broad SMARTS) is 1. The molecule has 1 rings (SSSR count). The topological polar surface area (TPSA) is 72.8 Å². The SMILES string of the molecule is CCOC(=O)OC(Cc1ccccc1)C(=O)O. The number of carbonyl (C=O) groups excluding carboxylic acids is 1. The van der Waals surface area contributed by atoms with Crippen LogP contribution in [-0.2, 0) is 20.7 Å². The van der Waals surface area contributed by atoms with Crippen LogP contribution in [0.15, 0.2) is 30.3 Å². The fourth-order valence-electron chi connectivity index (χ4n) is 1.28. The van der Waals surface area contributed by atoms with E-state index in [2.05, 4.69) is 4.74 Å². The first-order valence-electron chi connectivity index (χ1n) is 5.23. The molecule has 0 aliphatic heterocycles. The van der Waals surface area contributed by atoms with Gasteiger partial charge < -0.3 is 14.6 Å². The zero-order valence-corrected chi connectivity index (χ0v) is 9.46. The molecule has 0 spiro atoms. The quantitative estimate of drug-likeness (QED) is 0.792. The lowest BCUT2D eigenvalue weighted by molar-refractivity contribution is -0.148. The molecular weight excluding hydrogens is 224 g/mol. The second-order valence-corrected chi connectivity index (χ2v) is 3.32. The van der Waals surface area contributed by atoms with Crippen LogP contribution < -0.4 is 0 Å². The van der Waals surface area contributed by atoms with E-state index in [0.717, 1.165) is 5.56 Å². The van der Waals surface area contributed by atoms with E-state index in [9.17, 15) is 9.59 Å². The van der Waals surface area contributed by atoms with E-state index in [0.29, 0.717) is 0 Å². The number of ether oxygens (including phenoxy) is 2. The molecule has 5 nitrogen and oxygen atoms in total. The fraction of sp³-hybridized carbons (Fsp3) is 0.333. The third-order valence-electron chi connectivity index (χ3n) is 2.04.